The van der Waals surface area contributed by atoms with E-state index in [2.05, 4.69) is 5.32 Å². The van der Waals surface area contributed by atoms with E-state index in [1.165, 1.54) is 36.4 Å². The van der Waals surface area contributed by atoms with Crippen molar-refractivity contribution in [2.75, 3.05) is 11.9 Å². The van der Waals surface area contributed by atoms with E-state index in [1.54, 1.807) is 0 Å². The van der Waals surface area contributed by atoms with Crippen LogP contribution < -0.4 is 5.32 Å². The molecule has 1 heterocycles. The highest BCUT2D eigenvalue weighted by atomic mass is 32.2. The van der Waals surface area contributed by atoms with E-state index in [-0.39, 0.29) is 10.6 Å². The van der Waals surface area contributed by atoms with Gasteiger partial charge in [-0.3, -0.25) is 19.3 Å². The molecule has 0 spiro atoms. The number of rotatable bonds is 4. The number of carbonyl (C=O) groups is 3. The third-order valence-corrected chi connectivity index (χ3v) is 4.73. The predicted octanol–water partition coefficient (Wildman–Crippen LogP) is 4.52. The molecule has 5 nitrogen and oxygen atoms in total. The number of hydrogen-bond acceptors (Lipinski definition) is 4. The van der Waals surface area contributed by atoms with Crippen molar-refractivity contribution in [2.24, 2.45) is 0 Å². The summed E-state index contributed by atoms with van der Waals surface area (Å²) in [5, 5.41) is 1.68. The summed E-state index contributed by atoms with van der Waals surface area (Å²) in [6.45, 7) is -0.578. The van der Waals surface area contributed by atoms with Crippen molar-refractivity contribution in [3.63, 3.8) is 0 Å². The molecule has 3 amide bonds. The second kappa shape index (κ2) is 8.08. The fraction of sp³-hybridized carbons (Fsp3) is 0.105. The van der Waals surface area contributed by atoms with Crippen LogP contribution >= 0.6 is 11.8 Å². The number of halogens is 4. The summed E-state index contributed by atoms with van der Waals surface area (Å²) in [4.78, 5) is 37.2. The maximum absolute atomic E-state index is 13.2. The molecule has 0 bridgehead atoms. The zero-order valence-electron chi connectivity index (χ0n) is 14.5. The van der Waals surface area contributed by atoms with E-state index >= 15 is 0 Å². The largest absolute Gasteiger partial charge is 0.416 e. The van der Waals surface area contributed by atoms with Gasteiger partial charge < -0.3 is 5.32 Å². The Bertz CT molecular complexity index is 1000. The summed E-state index contributed by atoms with van der Waals surface area (Å²) < 4.78 is 51.0. The van der Waals surface area contributed by atoms with E-state index < -0.39 is 41.2 Å². The Hall–Kier alpha value is -3.14. The normalized spacial score (nSPS) is 15.9. The van der Waals surface area contributed by atoms with Gasteiger partial charge >= 0.3 is 6.18 Å². The fourth-order valence-electron chi connectivity index (χ4n) is 2.47. The monoisotopic (exact) mass is 424 g/mol. The van der Waals surface area contributed by atoms with E-state index in [9.17, 15) is 31.9 Å². The minimum absolute atomic E-state index is 0.0201. The minimum Gasteiger partial charge on any atom is -0.324 e. The van der Waals surface area contributed by atoms with Crippen LogP contribution in [0.3, 0.4) is 0 Å². The first-order valence-electron chi connectivity index (χ1n) is 8.11. The highest BCUT2D eigenvalue weighted by Gasteiger charge is 2.36. The van der Waals surface area contributed by atoms with Crippen LogP contribution in [0.4, 0.5) is 28.0 Å². The number of imide groups is 1. The first kappa shape index (κ1) is 20.6. The van der Waals surface area contributed by atoms with Crippen molar-refractivity contribution in [3.05, 3.63) is 70.4 Å². The molecule has 1 fully saturated rings. The Kier molecular flexibility index (Phi) is 5.73. The average Bonchev–Trinajstić information content (AvgIpc) is 2.89. The van der Waals surface area contributed by atoms with Crippen LogP contribution in [0.1, 0.15) is 11.1 Å². The van der Waals surface area contributed by atoms with E-state index in [1.807, 2.05) is 0 Å². The van der Waals surface area contributed by atoms with E-state index in [4.69, 9.17) is 0 Å². The van der Waals surface area contributed by atoms with Crippen LogP contribution in [0.25, 0.3) is 6.08 Å². The van der Waals surface area contributed by atoms with Crippen LogP contribution in [0, 0.1) is 5.82 Å². The quantitative estimate of drug-likeness (QED) is 0.579. The first-order valence-corrected chi connectivity index (χ1v) is 8.93. The van der Waals surface area contributed by atoms with Crippen LogP contribution in [-0.4, -0.2) is 28.5 Å². The van der Waals surface area contributed by atoms with Crippen molar-refractivity contribution >= 4 is 40.6 Å². The van der Waals surface area contributed by atoms with Gasteiger partial charge in [0, 0.05) is 5.69 Å². The number of nitrogens with zero attached hydrogens (tertiary/aromatic N) is 1. The molecule has 2 aromatic carbocycles. The predicted molar refractivity (Wildman–Crippen MR) is 99.2 cm³/mol. The van der Waals surface area contributed by atoms with Crippen molar-refractivity contribution < 1.29 is 31.9 Å². The summed E-state index contributed by atoms with van der Waals surface area (Å²) in [5.41, 5.74) is -0.369. The topological polar surface area (TPSA) is 66.5 Å². The van der Waals surface area contributed by atoms with Crippen molar-refractivity contribution in [2.45, 2.75) is 6.18 Å². The summed E-state index contributed by atoms with van der Waals surface area (Å²) in [5.74, 6) is -2.00. The molecule has 29 heavy (non-hydrogen) atoms. The smallest absolute Gasteiger partial charge is 0.324 e. The molecule has 0 aliphatic carbocycles. The molecule has 0 aromatic heterocycles. The van der Waals surface area contributed by atoms with Crippen LogP contribution in [0.15, 0.2) is 53.4 Å². The molecule has 1 aliphatic heterocycles. The summed E-state index contributed by atoms with van der Waals surface area (Å²) in [6, 6.07) is 9.18. The van der Waals surface area contributed by atoms with Gasteiger partial charge in [0.15, 0.2) is 0 Å². The van der Waals surface area contributed by atoms with Crippen molar-refractivity contribution in [1.29, 1.82) is 0 Å². The molecule has 150 valence electrons. The Balaban J connectivity index is 1.69. The Morgan fingerprint density at radius 2 is 1.79 bits per heavy atom. The maximum Gasteiger partial charge on any atom is 0.416 e. The third kappa shape index (κ3) is 5.02. The highest BCUT2D eigenvalue weighted by Crippen LogP contribution is 2.33. The molecule has 1 aliphatic rings. The molecular weight excluding hydrogens is 412 g/mol. The standard InChI is InChI=1S/C19H12F4N2O3S/c20-13-2-1-3-14(9-13)24-16(26)10-25-17(27)15(29-18(25)28)8-11-4-6-12(7-5-11)19(21,22)23/h1-9H,10H2,(H,24,26)/b15-8+. The minimum atomic E-state index is -4.48. The van der Waals surface area contributed by atoms with Crippen molar-refractivity contribution in [1.82, 2.24) is 4.90 Å². The molecule has 2 aromatic rings. The lowest BCUT2D eigenvalue weighted by Crippen LogP contribution is -2.36. The maximum atomic E-state index is 13.2. The number of carbonyl (C=O) groups excluding carboxylic acids is 3. The number of thioether (sulfide) groups is 1. The first-order chi connectivity index (χ1) is 13.6. The van der Waals surface area contributed by atoms with Gasteiger partial charge in [-0.1, -0.05) is 18.2 Å². The van der Waals surface area contributed by atoms with Gasteiger partial charge in [-0.2, -0.15) is 13.2 Å². The molecule has 3 rings (SSSR count). The van der Waals surface area contributed by atoms with Gasteiger partial charge in [0.1, 0.15) is 12.4 Å². The van der Waals surface area contributed by atoms with Gasteiger partial charge in [-0.25, -0.2) is 4.39 Å². The molecule has 1 N–H and O–H groups in total. The van der Waals surface area contributed by atoms with Gasteiger partial charge in [-0.05, 0) is 53.7 Å². The Morgan fingerprint density at radius 1 is 1.10 bits per heavy atom. The number of anilines is 1. The molecule has 1 saturated heterocycles. The van der Waals surface area contributed by atoms with E-state index in [0.717, 1.165) is 18.2 Å². The highest BCUT2D eigenvalue weighted by molar-refractivity contribution is 8.18. The van der Waals surface area contributed by atoms with Gasteiger partial charge in [0.05, 0.1) is 10.5 Å². The van der Waals surface area contributed by atoms with E-state index in [0.29, 0.717) is 22.2 Å². The second-order valence-electron chi connectivity index (χ2n) is 5.95. The summed E-state index contributed by atoms with van der Waals surface area (Å²) in [7, 11) is 0. The second-order valence-corrected chi connectivity index (χ2v) is 6.94. The van der Waals surface area contributed by atoms with Crippen LogP contribution in [0.2, 0.25) is 0 Å². The number of hydrogen-bond donors (Lipinski definition) is 1. The zero-order valence-corrected chi connectivity index (χ0v) is 15.3. The Morgan fingerprint density at radius 3 is 2.41 bits per heavy atom. The van der Waals surface area contributed by atoms with Crippen molar-refractivity contribution in [3.8, 4) is 0 Å². The number of amides is 3. The lowest BCUT2D eigenvalue weighted by atomic mass is 10.1. The lowest BCUT2D eigenvalue weighted by Gasteiger charge is -2.12. The number of alkyl halides is 3. The molecule has 0 radical (unpaired) electrons. The van der Waals surface area contributed by atoms with Gasteiger partial charge in [0.2, 0.25) is 5.91 Å². The number of nitrogens with one attached hydrogen (secondary N) is 1. The number of benzene rings is 2. The summed E-state index contributed by atoms with van der Waals surface area (Å²) >= 11 is 0.573. The van der Waals surface area contributed by atoms with Gasteiger partial charge in [-0.15, -0.1) is 0 Å². The van der Waals surface area contributed by atoms with Crippen LogP contribution in [-0.2, 0) is 15.8 Å². The molecule has 0 atom stereocenters. The fourth-order valence-corrected chi connectivity index (χ4v) is 3.30. The van der Waals surface area contributed by atoms with Gasteiger partial charge in [0.25, 0.3) is 11.1 Å². The Labute approximate surface area is 166 Å². The lowest BCUT2D eigenvalue weighted by molar-refractivity contribution is -0.137. The molecular formula is C19H12F4N2O3S. The molecule has 0 unspecified atom stereocenters. The zero-order chi connectivity index (χ0) is 21.2. The molecule has 10 heteroatoms. The average molecular weight is 424 g/mol. The third-order valence-electron chi connectivity index (χ3n) is 3.82. The molecule has 0 saturated carbocycles. The summed E-state index contributed by atoms with van der Waals surface area (Å²) in [6.07, 6.45) is -3.21. The van der Waals surface area contributed by atoms with Crippen LogP contribution in [0.5, 0.6) is 0 Å². The SMILES string of the molecule is O=C(CN1C(=O)S/C(=C/c2ccc(C(F)(F)F)cc2)C1=O)Nc1cccc(F)c1.